The first-order valence-electron chi connectivity index (χ1n) is 9.17. The summed E-state index contributed by atoms with van der Waals surface area (Å²) in [7, 11) is 1.69. The van der Waals surface area contributed by atoms with Gasteiger partial charge in [0.2, 0.25) is 0 Å². The maximum absolute atomic E-state index is 5.85. The third kappa shape index (κ3) is 3.99. The number of nitrogens with one attached hydrogen (secondary N) is 1. The summed E-state index contributed by atoms with van der Waals surface area (Å²) in [6, 6.07) is 8.03. The highest BCUT2D eigenvalue weighted by Gasteiger charge is 2.10. The highest BCUT2D eigenvalue weighted by atomic mass is 35.5. The van der Waals surface area contributed by atoms with Gasteiger partial charge in [0.15, 0.2) is 0 Å². The van der Waals surface area contributed by atoms with Crippen molar-refractivity contribution in [2.75, 3.05) is 7.11 Å². The van der Waals surface area contributed by atoms with Crippen LogP contribution in [0.4, 0.5) is 0 Å². The third-order valence-electron chi connectivity index (χ3n) is 4.79. The molecule has 4 rings (SSSR count). The van der Waals surface area contributed by atoms with E-state index < -0.39 is 0 Å². The van der Waals surface area contributed by atoms with E-state index in [2.05, 4.69) is 39.0 Å². The molecule has 0 amide bonds. The van der Waals surface area contributed by atoms with Crippen LogP contribution in [0, 0.1) is 6.92 Å². The molecule has 4 aromatic rings. The average molecular weight is 393 g/mol. The normalized spacial score (nSPS) is 11.1. The van der Waals surface area contributed by atoms with Gasteiger partial charge in [-0.15, -0.1) is 0 Å². The highest BCUT2D eigenvalue weighted by molar-refractivity contribution is 6.29. The van der Waals surface area contributed by atoms with Gasteiger partial charge in [-0.25, -0.2) is 9.97 Å². The predicted octanol–water partition coefficient (Wildman–Crippen LogP) is 4.70. The minimum atomic E-state index is 0.506. The number of H-pyrrole nitrogens is 1. The number of aryl methyl sites for hydroxylation is 3. The quantitative estimate of drug-likeness (QED) is 0.483. The van der Waals surface area contributed by atoms with Crippen molar-refractivity contribution in [2.24, 2.45) is 0 Å². The van der Waals surface area contributed by atoms with E-state index in [0.717, 1.165) is 58.4 Å². The van der Waals surface area contributed by atoms with E-state index >= 15 is 0 Å². The summed E-state index contributed by atoms with van der Waals surface area (Å²) in [5.74, 6) is 0.813. The van der Waals surface area contributed by atoms with Crippen molar-refractivity contribution in [1.82, 2.24) is 19.9 Å². The molecule has 0 aromatic carbocycles. The number of rotatable bonds is 6. The molecule has 6 heteroatoms. The number of aromatic amines is 1. The van der Waals surface area contributed by atoms with Gasteiger partial charge in [0.1, 0.15) is 16.5 Å². The zero-order valence-corrected chi connectivity index (χ0v) is 16.6. The van der Waals surface area contributed by atoms with Crippen LogP contribution in [0.25, 0.3) is 11.0 Å². The number of methoxy groups -OCH3 is 1. The maximum atomic E-state index is 5.85. The Bertz CT molecular complexity index is 1110. The predicted molar refractivity (Wildman–Crippen MR) is 111 cm³/mol. The summed E-state index contributed by atoms with van der Waals surface area (Å²) in [5, 5.41) is 1.66. The summed E-state index contributed by atoms with van der Waals surface area (Å²) >= 11 is 5.85. The molecule has 5 nitrogen and oxygen atoms in total. The molecule has 0 aliphatic carbocycles. The van der Waals surface area contributed by atoms with Crippen molar-refractivity contribution in [2.45, 2.75) is 26.2 Å². The molecule has 0 atom stereocenters. The number of fused-ring (bicyclic) bond motifs is 1. The molecule has 0 saturated heterocycles. The van der Waals surface area contributed by atoms with Crippen LogP contribution in [-0.2, 0) is 19.3 Å². The molecule has 0 bridgehead atoms. The Balaban J connectivity index is 1.52. The van der Waals surface area contributed by atoms with Gasteiger partial charge < -0.3 is 9.72 Å². The van der Waals surface area contributed by atoms with Gasteiger partial charge in [-0.2, -0.15) is 0 Å². The Labute approximate surface area is 168 Å². The Morgan fingerprint density at radius 2 is 1.86 bits per heavy atom. The Morgan fingerprint density at radius 1 is 1.00 bits per heavy atom. The molecule has 0 aliphatic rings. The van der Waals surface area contributed by atoms with Crippen LogP contribution in [-0.4, -0.2) is 27.0 Å². The van der Waals surface area contributed by atoms with Gasteiger partial charge in [-0.1, -0.05) is 17.7 Å². The molecule has 0 spiro atoms. The summed E-state index contributed by atoms with van der Waals surface area (Å²) < 4.78 is 5.60. The minimum Gasteiger partial charge on any atom is -0.495 e. The van der Waals surface area contributed by atoms with Crippen LogP contribution in [0.3, 0.4) is 0 Å². The van der Waals surface area contributed by atoms with Crippen LogP contribution < -0.4 is 4.74 Å². The first-order chi connectivity index (χ1) is 13.6. The van der Waals surface area contributed by atoms with Crippen LogP contribution >= 0.6 is 11.6 Å². The summed E-state index contributed by atoms with van der Waals surface area (Å²) in [6.45, 7) is 2.05. The van der Waals surface area contributed by atoms with E-state index in [4.69, 9.17) is 16.3 Å². The second kappa shape index (κ2) is 7.98. The highest BCUT2D eigenvalue weighted by Crippen LogP contribution is 2.24. The van der Waals surface area contributed by atoms with E-state index in [9.17, 15) is 0 Å². The number of aromatic nitrogens is 4. The lowest BCUT2D eigenvalue weighted by Gasteiger charge is -2.10. The zero-order valence-electron chi connectivity index (χ0n) is 15.9. The molecule has 142 valence electrons. The van der Waals surface area contributed by atoms with Crippen molar-refractivity contribution < 1.29 is 4.74 Å². The van der Waals surface area contributed by atoms with Crippen molar-refractivity contribution in [1.29, 1.82) is 0 Å². The van der Waals surface area contributed by atoms with Gasteiger partial charge >= 0.3 is 0 Å². The van der Waals surface area contributed by atoms with Crippen molar-refractivity contribution >= 4 is 22.6 Å². The second-order valence-electron chi connectivity index (χ2n) is 6.88. The molecule has 0 aliphatic heterocycles. The molecule has 1 N–H and O–H groups in total. The number of halogens is 1. The minimum absolute atomic E-state index is 0.506. The van der Waals surface area contributed by atoms with Crippen LogP contribution in [0.15, 0.2) is 49.1 Å². The first kappa shape index (κ1) is 18.4. The summed E-state index contributed by atoms with van der Waals surface area (Å²) in [6.07, 6.45) is 10.0. The van der Waals surface area contributed by atoms with Gasteiger partial charge in [0, 0.05) is 36.6 Å². The summed E-state index contributed by atoms with van der Waals surface area (Å²) in [4.78, 5) is 16.5. The van der Waals surface area contributed by atoms with E-state index in [1.807, 2.05) is 30.7 Å². The number of pyridine rings is 3. The van der Waals surface area contributed by atoms with Crippen molar-refractivity contribution in [3.63, 3.8) is 0 Å². The molecule has 0 unspecified atom stereocenters. The topological polar surface area (TPSA) is 63.7 Å². The lowest BCUT2D eigenvalue weighted by atomic mass is 10.0. The van der Waals surface area contributed by atoms with Gasteiger partial charge in [-0.05, 0) is 60.2 Å². The van der Waals surface area contributed by atoms with Crippen LogP contribution in [0.5, 0.6) is 5.75 Å². The third-order valence-corrected chi connectivity index (χ3v) is 5.02. The number of hydrogen-bond acceptors (Lipinski definition) is 4. The smallest absolute Gasteiger partial charge is 0.140 e. The Morgan fingerprint density at radius 3 is 2.64 bits per heavy atom. The lowest BCUT2D eigenvalue weighted by molar-refractivity contribution is 0.406. The first-order valence-corrected chi connectivity index (χ1v) is 9.55. The fraction of sp³-hybridized carbons (Fsp3) is 0.227. The zero-order chi connectivity index (χ0) is 19.5. The molecule has 28 heavy (non-hydrogen) atoms. The largest absolute Gasteiger partial charge is 0.495 e. The molecule has 0 saturated carbocycles. The van der Waals surface area contributed by atoms with Gasteiger partial charge in [-0.3, -0.25) is 4.98 Å². The molecular weight excluding hydrogens is 372 g/mol. The van der Waals surface area contributed by atoms with Gasteiger partial charge in [0.05, 0.1) is 12.8 Å². The van der Waals surface area contributed by atoms with Crippen molar-refractivity contribution in [3.8, 4) is 5.75 Å². The van der Waals surface area contributed by atoms with E-state index in [1.165, 1.54) is 5.56 Å². The number of hydrogen-bond donors (Lipinski definition) is 1. The number of nitrogens with zero attached hydrogens (tertiary/aromatic N) is 3. The summed E-state index contributed by atoms with van der Waals surface area (Å²) in [5.41, 5.74) is 6.44. The molecule has 4 aromatic heterocycles. The van der Waals surface area contributed by atoms with E-state index in [-0.39, 0.29) is 0 Å². The van der Waals surface area contributed by atoms with Gasteiger partial charge in [0.25, 0.3) is 0 Å². The number of ether oxygens (including phenoxy) is 1. The SMILES string of the molecule is COc1cc(Cc2c[nH]c3ncc(C)cc23)cnc1CCc1ccc(Cl)nc1. The van der Waals surface area contributed by atoms with Crippen molar-refractivity contribution in [3.05, 3.63) is 82.2 Å². The van der Waals surface area contributed by atoms with E-state index in [1.54, 1.807) is 13.3 Å². The fourth-order valence-corrected chi connectivity index (χ4v) is 3.43. The average Bonchev–Trinajstić information content (AvgIpc) is 3.10. The lowest BCUT2D eigenvalue weighted by Crippen LogP contribution is -2.01. The second-order valence-corrected chi connectivity index (χ2v) is 7.27. The monoisotopic (exact) mass is 392 g/mol. The Hall–Kier alpha value is -2.92. The van der Waals surface area contributed by atoms with E-state index in [0.29, 0.717) is 5.15 Å². The fourth-order valence-electron chi connectivity index (χ4n) is 3.32. The maximum Gasteiger partial charge on any atom is 0.140 e. The van der Waals surface area contributed by atoms with Crippen LogP contribution in [0.2, 0.25) is 5.15 Å². The van der Waals surface area contributed by atoms with Crippen LogP contribution in [0.1, 0.15) is 27.9 Å². The molecule has 0 fully saturated rings. The molecular formula is C22H21ClN4O. The standard InChI is InChI=1S/C22H21ClN4O/c1-14-7-18-17(13-27-22(18)26-10-14)8-16-9-20(28-2)19(24-12-16)5-3-15-4-6-21(23)25-11-15/h4,6-7,9-13H,3,5,8H2,1-2H3,(H,26,27). The molecule has 0 radical (unpaired) electrons. The molecule has 4 heterocycles. The Kier molecular flexibility index (Phi) is 5.26.